The maximum Gasteiger partial charge on any atom is 0.129 e. The average Bonchev–Trinajstić information content (AvgIpc) is 2.25. The van der Waals surface area contributed by atoms with E-state index in [-0.39, 0.29) is 11.7 Å². The minimum Gasteiger partial charge on any atom is -0.371 e. The van der Waals surface area contributed by atoms with Crippen LogP contribution in [0, 0.1) is 5.82 Å². The molecule has 1 nitrogen and oxygen atoms in total. The second-order valence-corrected chi connectivity index (χ2v) is 3.72. The van der Waals surface area contributed by atoms with E-state index in [0.717, 1.165) is 25.2 Å². The Morgan fingerprint density at radius 1 is 1.33 bits per heavy atom. The van der Waals surface area contributed by atoms with Crippen molar-refractivity contribution >= 4 is 17.3 Å². The topological polar surface area (TPSA) is 3.24 Å². The summed E-state index contributed by atoms with van der Waals surface area (Å²) in [6.45, 7) is 5.99. The molecule has 0 spiro atoms. The van der Waals surface area contributed by atoms with Crippen LogP contribution >= 0.6 is 11.6 Å². The molecule has 3 heteroatoms. The third kappa shape index (κ3) is 2.85. The van der Waals surface area contributed by atoms with Crippen LogP contribution in [0.25, 0.3) is 0 Å². The molecule has 0 bridgehead atoms. The van der Waals surface area contributed by atoms with E-state index in [1.165, 1.54) is 6.07 Å². The van der Waals surface area contributed by atoms with Crippen LogP contribution in [0.3, 0.4) is 0 Å². The van der Waals surface area contributed by atoms with Crippen LogP contribution in [0.1, 0.15) is 25.8 Å². The van der Waals surface area contributed by atoms with Gasteiger partial charge in [0.05, 0.1) is 5.88 Å². The summed E-state index contributed by atoms with van der Waals surface area (Å²) in [7, 11) is 0. The quantitative estimate of drug-likeness (QED) is 0.695. The zero-order chi connectivity index (χ0) is 11.3. The van der Waals surface area contributed by atoms with Crippen molar-refractivity contribution in [2.24, 2.45) is 0 Å². The zero-order valence-corrected chi connectivity index (χ0v) is 10.0. The average molecular weight is 230 g/mol. The van der Waals surface area contributed by atoms with Crippen LogP contribution in [0.15, 0.2) is 18.2 Å². The summed E-state index contributed by atoms with van der Waals surface area (Å²) in [6.07, 6.45) is 1.05. The Morgan fingerprint density at radius 3 is 2.60 bits per heavy atom. The number of benzene rings is 1. The molecule has 0 N–H and O–H groups in total. The van der Waals surface area contributed by atoms with Crippen molar-refractivity contribution in [2.75, 3.05) is 18.0 Å². The highest BCUT2D eigenvalue weighted by atomic mass is 35.5. The molecular weight excluding hydrogens is 213 g/mol. The minimum absolute atomic E-state index is 0.211. The van der Waals surface area contributed by atoms with Gasteiger partial charge in [0.25, 0.3) is 0 Å². The molecule has 0 aliphatic rings. The molecule has 1 rings (SSSR count). The van der Waals surface area contributed by atoms with Crippen LogP contribution in [0.4, 0.5) is 10.1 Å². The van der Waals surface area contributed by atoms with Gasteiger partial charge in [0.15, 0.2) is 0 Å². The fourth-order valence-electron chi connectivity index (χ4n) is 1.69. The van der Waals surface area contributed by atoms with E-state index in [2.05, 4.69) is 18.7 Å². The Kier molecular flexibility index (Phi) is 4.89. The van der Waals surface area contributed by atoms with Crippen molar-refractivity contribution in [3.8, 4) is 0 Å². The van der Waals surface area contributed by atoms with Gasteiger partial charge in [-0.05, 0) is 25.5 Å². The summed E-state index contributed by atoms with van der Waals surface area (Å²) in [5, 5.41) is 0. The molecule has 0 saturated heterocycles. The first-order valence-corrected chi connectivity index (χ1v) is 5.86. The first-order chi connectivity index (χ1) is 7.24. The number of alkyl halides is 1. The summed E-state index contributed by atoms with van der Waals surface area (Å²) in [5.74, 6) is 0.0134. The monoisotopic (exact) mass is 229 g/mol. The Hall–Kier alpha value is -0.760. The Labute approximate surface area is 95.8 Å². The number of rotatable bonds is 5. The number of halogens is 2. The van der Waals surface area contributed by atoms with E-state index < -0.39 is 0 Å². The van der Waals surface area contributed by atoms with E-state index in [9.17, 15) is 4.39 Å². The largest absolute Gasteiger partial charge is 0.371 e. The van der Waals surface area contributed by atoms with Gasteiger partial charge in [-0.1, -0.05) is 13.0 Å². The van der Waals surface area contributed by atoms with Gasteiger partial charge >= 0.3 is 0 Å². The van der Waals surface area contributed by atoms with Gasteiger partial charge in [-0.2, -0.15) is 0 Å². The van der Waals surface area contributed by atoms with E-state index in [4.69, 9.17) is 11.6 Å². The molecule has 0 radical (unpaired) electrons. The number of nitrogens with zero attached hydrogens (tertiary/aromatic N) is 1. The molecule has 0 heterocycles. The van der Waals surface area contributed by atoms with Gasteiger partial charge in [0.2, 0.25) is 0 Å². The lowest BCUT2D eigenvalue weighted by molar-refractivity contribution is 0.615. The second kappa shape index (κ2) is 5.96. The van der Waals surface area contributed by atoms with Crippen molar-refractivity contribution in [2.45, 2.75) is 26.1 Å². The molecule has 15 heavy (non-hydrogen) atoms. The maximum absolute atomic E-state index is 13.5. The predicted octanol–water partition coefficient (Wildman–Crippen LogP) is 3.80. The molecule has 0 amide bonds. The first-order valence-electron chi connectivity index (χ1n) is 5.32. The minimum atomic E-state index is -0.211. The normalized spacial score (nSPS) is 10.4. The SMILES string of the molecule is CCCN(CC)c1cccc(F)c1CCl. The summed E-state index contributed by atoms with van der Waals surface area (Å²) >= 11 is 5.77. The zero-order valence-electron chi connectivity index (χ0n) is 9.26. The van der Waals surface area contributed by atoms with Gasteiger partial charge in [0.1, 0.15) is 5.82 Å². The fraction of sp³-hybridized carbons (Fsp3) is 0.500. The van der Waals surface area contributed by atoms with Gasteiger partial charge in [-0.3, -0.25) is 0 Å². The lowest BCUT2D eigenvalue weighted by atomic mass is 10.1. The molecule has 0 aliphatic heterocycles. The lowest BCUT2D eigenvalue weighted by Gasteiger charge is -2.24. The van der Waals surface area contributed by atoms with Crippen LogP contribution in [0.2, 0.25) is 0 Å². The van der Waals surface area contributed by atoms with Gasteiger partial charge in [-0.25, -0.2) is 4.39 Å². The number of hydrogen-bond donors (Lipinski definition) is 0. The smallest absolute Gasteiger partial charge is 0.129 e. The maximum atomic E-state index is 13.5. The number of anilines is 1. The summed E-state index contributed by atoms with van der Waals surface area (Å²) < 4.78 is 13.5. The highest BCUT2D eigenvalue weighted by Gasteiger charge is 2.11. The second-order valence-electron chi connectivity index (χ2n) is 3.45. The molecule has 1 aromatic carbocycles. The van der Waals surface area contributed by atoms with Crippen molar-refractivity contribution < 1.29 is 4.39 Å². The molecule has 0 aromatic heterocycles. The van der Waals surface area contributed by atoms with Crippen molar-refractivity contribution in [1.82, 2.24) is 0 Å². The Bertz CT molecular complexity index is 314. The standard InChI is InChI=1S/C12H17ClFN/c1-3-8-15(4-2)12-7-5-6-11(14)10(12)9-13/h5-7H,3-4,8-9H2,1-2H3. The molecule has 0 saturated carbocycles. The van der Waals surface area contributed by atoms with Gasteiger partial charge in [-0.15, -0.1) is 11.6 Å². The molecule has 0 fully saturated rings. The van der Waals surface area contributed by atoms with Gasteiger partial charge < -0.3 is 4.90 Å². The van der Waals surface area contributed by atoms with Crippen LogP contribution in [0.5, 0.6) is 0 Å². The fourth-order valence-corrected chi connectivity index (χ4v) is 1.96. The third-order valence-corrected chi connectivity index (χ3v) is 2.71. The van der Waals surface area contributed by atoms with Crippen molar-refractivity contribution in [1.29, 1.82) is 0 Å². The first kappa shape index (κ1) is 12.3. The van der Waals surface area contributed by atoms with Crippen molar-refractivity contribution in [3.05, 3.63) is 29.6 Å². The molecule has 0 atom stereocenters. The van der Waals surface area contributed by atoms with Gasteiger partial charge in [0, 0.05) is 24.3 Å². The molecule has 0 aliphatic carbocycles. The van der Waals surface area contributed by atoms with Crippen LogP contribution in [-0.4, -0.2) is 13.1 Å². The summed E-state index contributed by atoms with van der Waals surface area (Å²) in [4.78, 5) is 2.15. The van der Waals surface area contributed by atoms with E-state index in [1.54, 1.807) is 6.07 Å². The third-order valence-electron chi connectivity index (χ3n) is 2.44. The molecule has 0 unspecified atom stereocenters. The van der Waals surface area contributed by atoms with E-state index in [1.807, 2.05) is 6.07 Å². The highest BCUT2D eigenvalue weighted by Crippen LogP contribution is 2.24. The summed E-state index contributed by atoms with van der Waals surface area (Å²) in [5.41, 5.74) is 1.53. The summed E-state index contributed by atoms with van der Waals surface area (Å²) in [6, 6.07) is 5.12. The molecule has 1 aromatic rings. The van der Waals surface area contributed by atoms with Crippen LogP contribution in [-0.2, 0) is 5.88 Å². The van der Waals surface area contributed by atoms with E-state index >= 15 is 0 Å². The Balaban J connectivity index is 3.04. The predicted molar refractivity (Wildman–Crippen MR) is 64.1 cm³/mol. The molecular formula is C12H17ClFN. The highest BCUT2D eigenvalue weighted by molar-refractivity contribution is 6.17. The molecule has 84 valence electrons. The van der Waals surface area contributed by atoms with Crippen molar-refractivity contribution in [3.63, 3.8) is 0 Å². The lowest BCUT2D eigenvalue weighted by Crippen LogP contribution is -2.24. The number of hydrogen-bond acceptors (Lipinski definition) is 1. The van der Waals surface area contributed by atoms with E-state index in [0.29, 0.717) is 5.56 Å². The Morgan fingerprint density at radius 2 is 2.07 bits per heavy atom. The van der Waals surface area contributed by atoms with Crippen LogP contribution < -0.4 is 4.90 Å².